The van der Waals surface area contributed by atoms with Crippen molar-refractivity contribution in [3.8, 4) is 0 Å². The van der Waals surface area contributed by atoms with E-state index in [0.29, 0.717) is 5.92 Å². The van der Waals surface area contributed by atoms with Crippen LogP contribution in [-0.4, -0.2) is 13.1 Å². The zero-order valence-electron chi connectivity index (χ0n) is 22.8. The molecule has 4 aliphatic rings. The summed E-state index contributed by atoms with van der Waals surface area (Å²) in [5.74, 6) is 7.30. The predicted molar refractivity (Wildman–Crippen MR) is 152 cm³/mol. The van der Waals surface area contributed by atoms with Crippen molar-refractivity contribution in [1.29, 1.82) is 0 Å². The molecule has 4 N–H and O–H groups in total. The number of hydrogen-bond acceptors (Lipinski definition) is 2. The topological polar surface area (TPSA) is 52.0 Å². The van der Waals surface area contributed by atoms with E-state index in [1.54, 1.807) is 0 Å². The molecule has 1 saturated carbocycles. The molecule has 7 atom stereocenters. The van der Waals surface area contributed by atoms with Crippen LogP contribution in [0, 0.1) is 53.3 Å². The molecule has 198 valence electrons. The van der Waals surface area contributed by atoms with E-state index in [0.717, 1.165) is 60.4 Å². The van der Waals surface area contributed by atoms with Crippen LogP contribution in [0.2, 0.25) is 0 Å². The molecule has 4 aliphatic carbocycles. The van der Waals surface area contributed by atoms with Crippen molar-refractivity contribution in [2.24, 2.45) is 64.7 Å². The smallest absolute Gasteiger partial charge is 0.00462 e. The van der Waals surface area contributed by atoms with Crippen molar-refractivity contribution in [2.75, 3.05) is 13.1 Å². The van der Waals surface area contributed by atoms with Crippen LogP contribution in [0.3, 0.4) is 0 Å². The maximum absolute atomic E-state index is 6.26. The highest BCUT2D eigenvalue weighted by Crippen LogP contribution is 2.44. The van der Waals surface area contributed by atoms with Crippen LogP contribution < -0.4 is 11.5 Å². The zero-order chi connectivity index (χ0) is 24.5. The van der Waals surface area contributed by atoms with E-state index < -0.39 is 0 Å². The Balaban J connectivity index is 1.19. The Morgan fingerprint density at radius 3 is 1.74 bits per heavy atom. The van der Waals surface area contributed by atoms with E-state index in [2.05, 4.69) is 43.4 Å². The highest BCUT2D eigenvalue weighted by molar-refractivity contribution is 5.11. The van der Waals surface area contributed by atoms with Gasteiger partial charge in [0, 0.05) is 0 Å². The van der Waals surface area contributed by atoms with Gasteiger partial charge in [0.2, 0.25) is 0 Å². The minimum atomic E-state index is 0.714. The molecule has 4 unspecified atom stereocenters. The van der Waals surface area contributed by atoms with Crippen molar-refractivity contribution >= 4 is 0 Å². The summed E-state index contributed by atoms with van der Waals surface area (Å²) in [4.78, 5) is 0. The first-order valence-corrected chi connectivity index (χ1v) is 15.6. The van der Waals surface area contributed by atoms with Gasteiger partial charge in [0.1, 0.15) is 0 Å². The zero-order valence-corrected chi connectivity index (χ0v) is 22.8. The molecule has 0 radical (unpaired) electrons. The number of nitrogens with two attached hydrogens (primary N) is 2. The largest absolute Gasteiger partial charge is 0.330 e. The van der Waals surface area contributed by atoms with Gasteiger partial charge in [-0.1, -0.05) is 56.2 Å². The van der Waals surface area contributed by atoms with Crippen LogP contribution >= 0.6 is 0 Å². The molecule has 0 aliphatic heterocycles. The lowest BCUT2D eigenvalue weighted by atomic mass is 9.67. The Kier molecular flexibility index (Phi) is 11.0. The summed E-state index contributed by atoms with van der Waals surface area (Å²) < 4.78 is 0. The molecule has 0 spiro atoms. The Bertz CT molecular complexity index is 681. The third kappa shape index (κ3) is 7.57. The summed E-state index contributed by atoms with van der Waals surface area (Å²) >= 11 is 0. The summed E-state index contributed by atoms with van der Waals surface area (Å²) in [5, 5.41) is 0. The number of hydrogen-bond donors (Lipinski definition) is 2. The second-order valence-corrected chi connectivity index (χ2v) is 12.7. The molecular formula is C33H56N2. The number of allylic oxidation sites excluding steroid dienone is 6. The molecule has 0 aromatic carbocycles. The summed E-state index contributed by atoms with van der Waals surface area (Å²) in [5.41, 5.74) is 12.2. The molecule has 35 heavy (non-hydrogen) atoms. The fourth-order valence-corrected chi connectivity index (χ4v) is 8.13. The van der Waals surface area contributed by atoms with E-state index >= 15 is 0 Å². The number of rotatable bonds is 11. The van der Waals surface area contributed by atoms with E-state index in [1.807, 2.05) is 0 Å². The highest BCUT2D eigenvalue weighted by atomic mass is 14.6. The molecule has 0 amide bonds. The van der Waals surface area contributed by atoms with Gasteiger partial charge in [-0.15, -0.1) is 0 Å². The maximum atomic E-state index is 6.26. The summed E-state index contributed by atoms with van der Waals surface area (Å²) in [6.45, 7) is 4.01. The highest BCUT2D eigenvalue weighted by Gasteiger charge is 2.33. The van der Waals surface area contributed by atoms with Crippen molar-refractivity contribution in [2.45, 2.75) is 103 Å². The molecule has 0 heterocycles. The van der Waals surface area contributed by atoms with Gasteiger partial charge in [-0.25, -0.2) is 0 Å². The quantitative estimate of drug-likeness (QED) is 0.294. The molecular weight excluding hydrogens is 424 g/mol. The van der Waals surface area contributed by atoms with E-state index in [-0.39, 0.29) is 0 Å². The Hall–Kier alpha value is -0.860. The van der Waals surface area contributed by atoms with Gasteiger partial charge in [0.15, 0.2) is 0 Å². The summed E-state index contributed by atoms with van der Waals surface area (Å²) in [6.07, 6.45) is 36.0. The fraction of sp³-hybridized carbons (Fsp3) is 0.818. The van der Waals surface area contributed by atoms with Crippen LogP contribution in [0.25, 0.3) is 0 Å². The SMILES string of the molecule is CC[C@H](CN)CCCC(CN)C1CCC(C2C=C[C@@H](C3C=C[C@@H](C4C=CCCC4)CC3)CC2)CC1. The van der Waals surface area contributed by atoms with Gasteiger partial charge in [-0.2, -0.15) is 0 Å². The van der Waals surface area contributed by atoms with Crippen LogP contribution in [0.1, 0.15) is 103 Å². The molecule has 0 bridgehead atoms. The normalized spacial score (nSPS) is 37.3. The first-order valence-electron chi connectivity index (χ1n) is 15.6. The van der Waals surface area contributed by atoms with Gasteiger partial charge < -0.3 is 11.5 Å². The van der Waals surface area contributed by atoms with Crippen molar-refractivity contribution in [3.63, 3.8) is 0 Å². The van der Waals surface area contributed by atoms with Crippen LogP contribution in [0.5, 0.6) is 0 Å². The lowest BCUT2D eigenvalue weighted by molar-refractivity contribution is 0.160. The Morgan fingerprint density at radius 1 is 0.657 bits per heavy atom. The van der Waals surface area contributed by atoms with Crippen LogP contribution in [0.4, 0.5) is 0 Å². The van der Waals surface area contributed by atoms with E-state index in [4.69, 9.17) is 11.5 Å². The van der Waals surface area contributed by atoms with Gasteiger partial charge in [0.05, 0.1) is 0 Å². The van der Waals surface area contributed by atoms with Crippen molar-refractivity contribution < 1.29 is 0 Å². The van der Waals surface area contributed by atoms with E-state index in [1.165, 1.54) is 96.3 Å². The maximum Gasteiger partial charge on any atom is -0.00462 e. The monoisotopic (exact) mass is 480 g/mol. The molecule has 1 fully saturated rings. The summed E-state index contributed by atoms with van der Waals surface area (Å²) in [6, 6.07) is 0. The summed E-state index contributed by atoms with van der Waals surface area (Å²) in [7, 11) is 0. The third-order valence-electron chi connectivity index (χ3n) is 10.8. The van der Waals surface area contributed by atoms with E-state index in [9.17, 15) is 0 Å². The lowest BCUT2D eigenvalue weighted by Gasteiger charge is -2.39. The predicted octanol–water partition coefficient (Wildman–Crippen LogP) is 8.04. The Morgan fingerprint density at radius 2 is 1.26 bits per heavy atom. The molecule has 4 rings (SSSR count). The second-order valence-electron chi connectivity index (χ2n) is 12.7. The minimum Gasteiger partial charge on any atom is -0.330 e. The first kappa shape index (κ1) is 27.2. The van der Waals surface area contributed by atoms with Gasteiger partial charge in [-0.3, -0.25) is 0 Å². The fourth-order valence-electron chi connectivity index (χ4n) is 8.13. The van der Waals surface area contributed by atoms with Gasteiger partial charge >= 0.3 is 0 Å². The van der Waals surface area contributed by atoms with Crippen molar-refractivity contribution in [3.05, 3.63) is 36.5 Å². The first-order chi connectivity index (χ1) is 17.2. The molecule has 0 saturated heterocycles. The molecule has 2 heteroatoms. The second kappa shape index (κ2) is 14.2. The van der Waals surface area contributed by atoms with Crippen LogP contribution in [-0.2, 0) is 0 Å². The van der Waals surface area contributed by atoms with Gasteiger partial charge in [-0.05, 0) is 150 Å². The average Bonchev–Trinajstić information content (AvgIpc) is 2.94. The Labute approximate surface area is 217 Å². The van der Waals surface area contributed by atoms with Crippen LogP contribution in [0.15, 0.2) is 36.5 Å². The third-order valence-corrected chi connectivity index (χ3v) is 10.8. The minimum absolute atomic E-state index is 0.714. The van der Waals surface area contributed by atoms with Gasteiger partial charge in [0.25, 0.3) is 0 Å². The lowest BCUT2D eigenvalue weighted by Crippen LogP contribution is -2.30. The standard InChI is InChI=1S/C33H56N2/c1-2-25(23-34)7-6-10-33(24-35)32-21-19-31(20-22-32)30-17-15-29(16-18-30)28-13-11-27(12-14-28)26-8-4-3-5-9-26/h4,8,11,13,15,17,25-33H,2-3,5-7,9-10,12,14,16,18-24,34-35H2,1H3/t25-,26?,27+,28?,29+,30?,31?,32?,33?/m0/s1. The molecule has 0 aromatic heterocycles. The molecule has 0 aromatic rings. The van der Waals surface area contributed by atoms with Crippen molar-refractivity contribution in [1.82, 2.24) is 0 Å². The molecule has 2 nitrogen and oxygen atoms in total. The average molecular weight is 481 g/mol.